The predicted octanol–water partition coefficient (Wildman–Crippen LogP) is 3.11. The van der Waals surface area contributed by atoms with Crippen LogP contribution in [0.4, 0.5) is 15.6 Å². The maximum atomic E-state index is 11.9. The van der Waals surface area contributed by atoms with Gasteiger partial charge in [-0.1, -0.05) is 20.8 Å². The molecule has 8 heteroatoms. The SMILES string of the molecule is CC(C)(C)c1cc(NC(=O)Nc2sccc2C(=O)O)n[nH]1. The van der Waals surface area contributed by atoms with E-state index in [1.807, 2.05) is 20.8 Å². The third kappa shape index (κ3) is 3.60. The lowest BCUT2D eigenvalue weighted by Crippen LogP contribution is -2.20. The van der Waals surface area contributed by atoms with Crippen LogP contribution in [0.2, 0.25) is 0 Å². The van der Waals surface area contributed by atoms with Crippen LogP contribution in [-0.4, -0.2) is 27.3 Å². The zero-order valence-electron chi connectivity index (χ0n) is 11.9. The summed E-state index contributed by atoms with van der Waals surface area (Å²) in [5, 5.41) is 22.8. The first-order chi connectivity index (χ1) is 9.77. The molecule has 0 aliphatic carbocycles. The summed E-state index contributed by atoms with van der Waals surface area (Å²) in [6.45, 7) is 6.07. The summed E-state index contributed by atoms with van der Waals surface area (Å²) < 4.78 is 0. The lowest BCUT2D eigenvalue weighted by molar-refractivity contribution is 0.0698. The lowest BCUT2D eigenvalue weighted by Gasteiger charge is -2.14. The summed E-state index contributed by atoms with van der Waals surface area (Å²) in [7, 11) is 0. The first-order valence-corrected chi connectivity index (χ1v) is 7.10. The second-order valence-corrected chi connectivity index (χ2v) is 6.38. The minimum absolute atomic E-state index is 0.0626. The fourth-order valence-electron chi connectivity index (χ4n) is 1.60. The highest BCUT2D eigenvalue weighted by atomic mass is 32.1. The molecule has 112 valence electrons. The van der Waals surface area contributed by atoms with Gasteiger partial charge in [0, 0.05) is 17.2 Å². The number of urea groups is 1. The standard InChI is InChI=1S/C13H16N4O3S/c1-13(2,3)8-6-9(17-16-8)14-12(20)15-10-7(11(18)19)4-5-21-10/h4-6H,1-3H3,(H,18,19)(H3,14,15,16,17,20). The van der Waals surface area contributed by atoms with Crippen LogP contribution in [0.25, 0.3) is 0 Å². The van der Waals surface area contributed by atoms with Crippen molar-refractivity contribution in [1.29, 1.82) is 0 Å². The number of thiophene rings is 1. The fourth-order valence-corrected chi connectivity index (χ4v) is 2.37. The molecule has 0 bridgehead atoms. The molecule has 0 spiro atoms. The Bertz CT molecular complexity index is 669. The maximum Gasteiger partial charge on any atom is 0.338 e. The summed E-state index contributed by atoms with van der Waals surface area (Å²) in [6, 6.07) is 2.65. The van der Waals surface area contributed by atoms with E-state index in [0.29, 0.717) is 5.82 Å². The molecule has 4 N–H and O–H groups in total. The molecule has 2 aromatic rings. The second-order valence-electron chi connectivity index (χ2n) is 5.46. The summed E-state index contributed by atoms with van der Waals surface area (Å²) in [6.07, 6.45) is 0. The van der Waals surface area contributed by atoms with E-state index in [4.69, 9.17) is 5.11 Å². The van der Waals surface area contributed by atoms with Gasteiger partial charge in [0.05, 0.1) is 5.56 Å². The fraction of sp³-hybridized carbons (Fsp3) is 0.308. The molecular formula is C13H16N4O3S. The second kappa shape index (κ2) is 5.57. The summed E-state index contributed by atoms with van der Waals surface area (Å²) >= 11 is 1.15. The highest BCUT2D eigenvalue weighted by Gasteiger charge is 2.18. The largest absolute Gasteiger partial charge is 0.478 e. The van der Waals surface area contributed by atoms with Gasteiger partial charge in [-0.15, -0.1) is 11.3 Å². The van der Waals surface area contributed by atoms with Crippen LogP contribution in [0.5, 0.6) is 0 Å². The molecule has 2 rings (SSSR count). The van der Waals surface area contributed by atoms with Gasteiger partial charge in [-0.3, -0.25) is 15.7 Å². The molecule has 0 unspecified atom stereocenters. The molecule has 0 atom stereocenters. The monoisotopic (exact) mass is 308 g/mol. The number of hydrogen-bond acceptors (Lipinski definition) is 4. The molecule has 0 aliphatic rings. The van der Waals surface area contributed by atoms with Gasteiger partial charge < -0.3 is 5.11 Å². The third-order valence-corrected chi connectivity index (χ3v) is 3.58. The van der Waals surface area contributed by atoms with Crippen LogP contribution >= 0.6 is 11.3 Å². The Morgan fingerprint density at radius 1 is 1.33 bits per heavy atom. The van der Waals surface area contributed by atoms with Crippen LogP contribution in [0, 0.1) is 0 Å². The number of carboxylic acids is 1. The van der Waals surface area contributed by atoms with Gasteiger partial charge in [0.15, 0.2) is 5.82 Å². The molecule has 0 fully saturated rings. The summed E-state index contributed by atoms with van der Waals surface area (Å²) in [5.41, 5.74) is 0.848. The number of rotatable bonds is 3. The van der Waals surface area contributed by atoms with Crippen LogP contribution in [0.15, 0.2) is 17.5 Å². The van der Waals surface area contributed by atoms with Crippen molar-refractivity contribution >= 4 is 34.2 Å². The smallest absolute Gasteiger partial charge is 0.338 e. The Kier molecular flexibility index (Phi) is 3.99. The van der Waals surface area contributed by atoms with Crippen LogP contribution in [-0.2, 0) is 5.41 Å². The van der Waals surface area contributed by atoms with Crippen molar-refractivity contribution in [2.75, 3.05) is 10.6 Å². The number of nitrogens with one attached hydrogen (secondary N) is 3. The molecule has 21 heavy (non-hydrogen) atoms. The van der Waals surface area contributed by atoms with E-state index in [1.54, 1.807) is 11.4 Å². The molecule has 2 amide bonds. The molecule has 2 heterocycles. The van der Waals surface area contributed by atoms with E-state index >= 15 is 0 Å². The molecule has 0 saturated carbocycles. The minimum Gasteiger partial charge on any atom is -0.478 e. The van der Waals surface area contributed by atoms with Gasteiger partial charge in [-0.2, -0.15) is 5.10 Å². The van der Waals surface area contributed by atoms with Crippen molar-refractivity contribution in [2.45, 2.75) is 26.2 Å². The highest BCUT2D eigenvalue weighted by molar-refractivity contribution is 7.14. The van der Waals surface area contributed by atoms with Crippen LogP contribution in [0.1, 0.15) is 36.8 Å². The molecule has 0 aromatic carbocycles. The molecule has 0 radical (unpaired) electrons. The van der Waals surface area contributed by atoms with Gasteiger partial charge in [0.25, 0.3) is 0 Å². The van der Waals surface area contributed by atoms with Gasteiger partial charge in [-0.25, -0.2) is 9.59 Å². The Balaban J connectivity index is 2.03. The zero-order valence-corrected chi connectivity index (χ0v) is 12.7. The number of carboxylic acid groups (broad SMARTS) is 1. The molecule has 0 saturated heterocycles. The third-order valence-electron chi connectivity index (χ3n) is 2.75. The number of hydrogen-bond donors (Lipinski definition) is 4. The number of aromatic amines is 1. The minimum atomic E-state index is -1.08. The maximum absolute atomic E-state index is 11.9. The summed E-state index contributed by atoms with van der Waals surface area (Å²) in [4.78, 5) is 22.8. The quantitative estimate of drug-likeness (QED) is 0.698. The molecule has 7 nitrogen and oxygen atoms in total. The molecule has 0 aliphatic heterocycles. The van der Waals surface area contributed by atoms with E-state index in [9.17, 15) is 9.59 Å². The van der Waals surface area contributed by atoms with Gasteiger partial charge in [0.1, 0.15) is 5.00 Å². The summed E-state index contributed by atoms with van der Waals surface area (Å²) in [5.74, 6) is -0.702. The normalized spacial score (nSPS) is 11.2. The van der Waals surface area contributed by atoms with Crippen molar-refractivity contribution in [3.63, 3.8) is 0 Å². The van der Waals surface area contributed by atoms with Gasteiger partial charge in [0.2, 0.25) is 0 Å². The van der Waals surface area contributed by atoms with E-state index in [1.165, 1.54) is 6.07 Å². The Morgan fingerprint density at radius 3 is 2.62 bits per heavy atom. The number of amides is 2. The highest BCUT2D eigenvalue weighted by Crippen LogP contribution is 2.24. The Hall–Kier alpha value is -2.35. The van der Waals surface area contributed by atoms with Crippen LogP contribution in [0.3, 0.4) is 0 Å². The predicted molar refractivity (Wildman–Crippen MR) is 81.2 cm³/mol. The van der Waals surface area contributed by atoms with E-state index in [2.05, 4.69) is 20.8 Å². The van der Waals surface area contributed by atoms with Crippen molar-refractivity contribution < 1.29 is 14.7 Å². The average molecular weight is 308 g/mol. The molecule has 2 aromatic heterocycles. The number of carbonyl (C=O) groups is 2. The van der Waals surface area contributed by atoms with Crippen LogP contribution < -0.4 is 10.6 Å². The van der Waals surface area contributed by atoms with Gasteiger partial charge >= 0.3 is 12.0 Å². The number of carbonyl (C=O) groups excluding carboxylic acids is 1. The van der Waals surface area contributed by atoms with Crippen molar-refractivity contribution in [2.24, 2.45) is 0 Å². The van der Waals surface area contributed by atoms with E-state index < -0.39 is 12.0 Å². The van der Waals surface area contributed by atoms with E-state index in [0.717, 1.165) is 17.0 Å². The Labute approximate surface area is 125 Å². The Morgan fingerprint density at radius 2 is 2.05 bits per heavy atom. The average Bonchev–Trinajstić information content (AvgIpc) is 2.96. The molecular weight excluding hydrogens is 292 g/mol. The van der Waals surface area contributed by atoms with Gasteiger partial charge in [-0.05, 0) is 11.4 Å². The number of nitrogens with zero attached hydrogens (tertiary/aromatic N) is 1. The first-order valence-electron chi connectivity index (χ1n) is 6.22. The van der Waals surface area contributed by atoms with E-state index in [-0.39, 0.29) is 16.0 Å². The number of H-pyrrole nitrogens is 1. The first kappa shape index (κ1) is 15.0. The topological polar surface area (TPSA) is 107 Å². The number of aromatic nitrogens is 2. The van der Waals surface area contributed by atoms with Crippen molar-refractivity contribution in [1.82, 2.24) is 10.2 Å². The number of aromatic carboxylic acids is 1. The van der Waals surface area contributed by atoms with Crippen molar-refractivity contribution in [3.05, 3.63) is 28.8 Å². The zero-order chi connectivity index (χ0) is 15.6. The number of anilines is 2. The lowest BCUT2D eigenvalue weighted by atomic mass is 9.92. The van der Waals surface area contributed by atoms with Crippen molar-refractivity contribution in [3.8, 4) is 0 Å².